The van der Waals surface area contributed by atoms with E-state index < -0.39 is 0 Å². The third-order valence-electron chi connectivity index (χ3n) is 1.33. The Kier molecular flexibility index (Phi) is 5.32. The van der Waals surface area contributed by atoms with Crippen molar-refractivity contribution in [2.45, 2.75) is 33.7 Å². The van der Waals surface area contributed by atoms with E-state index in [-0.39, 0.29) is 0 Å². The standard InChI is InChI=1S/C9H19N/c1-5-6-9(4)10-7-8(2)3/h5-6,8-10H,7H2,1-4H3/b6-5+. The summed E-state index contributed by atoms with van der Waals surface area (Å²) in [5.41, 5.74) is 0. The van der Waals surface area contributed by atoms with Crippen molar-refractivity contribution >= 4 is 0 Å². The molecule has 0 rings (SSSR count). The van der Waals surface area contributed by atoms with E-state index in [0.29, 0.717) is 6.04 Å². The molecule has 0 amide bonds. The fourth-order valence-corrected chi connectivity index (χ4v) is 0.778. The Balaban J connectivity index is 3.30. The Hall–Kier alpha value is -0.300. The van der Waals surface area contributed by atoms with Crippen LogP contribution in [0.25, 0.3) is 0 Å². The van der Waals surface area contributed by atoms with Gasteiger partial charge < -0.3 is 5.32 Å². The highest BCUT2D eigenvalue weighted by Crippen LogP contribution is 1.90. The van der Waals surface area contributed by atoms with E-state index in [1.165, 1.54) is 0 Å². The van der Waals surface area contributed by atoms with Crippen molar-refractivity contribution in [3.05, 3.63) is 12.2 Å². The summed E-state index contributed by atoms with van der Waals surface area (Å²) in [7, 11) is 0. The van der Waals surface area contributed by atoms with Crippen LogP contribution < -0.4 is 5.32 Å². The molecule has 0 spiro atoms. The number of hydrogen-bond donors (Lipinski definition) is 1. The Bertz CT molecular complexity index is 94.9. The first-order valence-corrected chi connectivity index (χ1v) is 4.03. The lowest BCUT2D eigenvalue weighted by Gasteiger charge is -2.10. The van der Waals surface area contributed by atoms with Crippen LogP contribution in [0.5, 0.6) is 0 Å². The van der Waals surface area contributed by atoms with E-state index >= 15 is 0 Å². The van der Waals surface area contributed by atoms with Crippen LogP contribution in [0.15, 0.2) is 12.2 Å². The van der Waals surface area contributed by atoms with Crippen molar-refractivity contribution in [1.29, 1.82) is 0 Å². The fraction of sp³-hybridized carbons (Fsp3) is 0.778. The minimum Gasteiger partial charge on any atom is -0.311 e. The molecule has 0 saturated carbocycles. The van der Waals surface area contributed by atoms with Crippen molar-refractivity contribution in [1.82, 2.24) is 5.32 Å². The molecule has 1 heteroatoms. The van der Waals surface area contributed by atoms with Crippen LogP contribution in [0.1, 0.15) is 27.7 Å². The zero-order chi connectivity index (χ0) is 7.98. The zero-order valence-electron chi connectivity index (χ0n) is 7.52. The van der Waals surface area contributed by atoms with Gasteiger partial charge in [0.1, 0.15) is 0 Å². The van der Waals surface area contributed by atoms with Gasteiger partial charge in [-0.15, -0.1) is 0 Å². The molecule has 1 unspecified atom stereocenters. The van der Waals surface area contributed by atoms with Crippen molar-refractivity contribution in [3.8, 4) is 0 Å². The minimum atomic E-state index is 0.521. The largest absolute Gasteiger partial charge is 0.311 e. The molecule has 0 saturated heterocycles. The average molecular weight is 141 g/mol. The zero-order valence-corrected chi connectivity index (χ0v) is 7.52. The maximum absolute atomic E-state index is 3.40. The highest BCUT2D eigenvalue weighted by molar-refractivity contribution is 4.87. The molecule has 10 heavy (non-hydrogen) atoms. The Labute approximate surface area is 64.5 Å². The van der Waals surface area contributed by atoms with Gasteiger partial charge in [-0.2, -0.15) is 0 Å². The van der Waals surface area contributed by atoms with E-state index in [1.54, 1.807) is 0 Å². The molecular formula is C9H19N. The predicted octanol–water partition coefficient (Wildman–Crippen LogP) is 2.20. The number of rotatable bonds is 4. The third kappa shape index (κ3) is 5.83. The van der Waals surface area contributed by atoms with Crippen molar-refractivity contribution in [2.24, 2.45) is 5.92 Å². The van der Waals surface area contributed by atoms with Gasteiger partial charge in [-0.3, -0.25) is 0 Å². The van der Waals surface area contributed by atoms with Crippen LogP contribution in [0.4, 0.5) is 0 Å². The maximum atomic E-state index is 3.40. The summed E-state index contributed by atoms with van der Waals surface area (Å²) in [6, 6.07) is 0.521. The second-order valence-corrected chi connectivity index (χ2v) is 3.12. The van der Waals surface area contributed by atoms with Crippen LogP contribution in [0.2, 0.25) is 0 Å². The van der Waals surface area contributed by atoms with Gasteiger partial charge in [0.2, 0.25) is 0 Å². The molecule has 0 fully saturated rings. The highest BCUT2D eigenvalue weighted by atomic mass is 14.9. The molecule has 0 aliphatic carbocycles. The Morgan fingerprint density at radius 2 is 1.90 bits per heavy atom. The second kappa shape index (κ2) is 5.48. The van der Waals surface area contributed by atoms with E-state index in [1.807, 2.05) is 6.92 Å². The Morgan fingerprint density at radius 3 is 2.30 bits per heavy atom. The molecule has 60 valence electrons. The van der Waals surface area contributed by atoms with Crippen LogP contribution in [-0.4, -0.2) is 12.6 Å². The molecule has 0 aromatic rings. The molecule has 0 aliphatic heterocycles. The maximum Gasteiger partial charge on any atom is 0.0221 e. The van der Waals surface area contributed by atoms with Crippen LogP contribution in [0.3, 0.4) is 0 Å². The number of allylic oxidation sites excluding steroid dienone is 1. The lowest BCUT2D eigenvalue weighted by Crippen LogP contribution is -2.27. The quantitative estimate of drug-likeness (QED) is 0.592. The fourth-order valence-electron chi connectivity index (χ4n) is 0.778. The van der Waals surface area contributed by atoms with Gasteiger partial charge in [0.05, 0.1) is 0 Å². The predicted molar refractivity (Wildman–Crippen MR) is 47.1 cm³/mol. The van der Waals surface area contributed by atoms with Gasteiger partial charge in [0.25, 0.3) is 0 Å². The van der Waals surface area contributed by atoms with Gasteiger partial charge in [0.15, 0.2) is 0 Å². The molecule has 1 nitrogen and oxygen atoms in total. The molecule has 0 aliphatic rings. The number of hydrogen-bond acceptors (Lipinski definition) is 1. The van der Waals surface area contributed by atoms with Crippen LogP contribution in [-0.2, 0) is 0 Å². The monoisotopic (exact) mass is 141 g/mol. The molecule has 0 aromatic heterocycles. The van der Waals surface area contributed by atoms with Gasteiger partial charge >= 0.3 is 0 Å². The van der Waals surface area contributed by atoms with E-state index in [9.17, 15) is 0 Å². The van der Waals surface area contributed by atoms with Gasteiger partial charge in [-0.05, 0) is 26.3 Å². The summed E-state index contributed by atoms with van der Waals surface area (Å²) in [5, 5.41) is 3.40. The molecule has 0 heterocycles. The first-order valence-electron chi connectivity index (χ1n) is 4.03. The molecule has 1 atom stereocenters. The topological polar surface area (TPSA) is 12.0 Å². The minimum absolute atomic E-state index is 0.521. The summed E-state index contributed by atoms with van der Waals surface area (Å²) in [4.78, 5) is 0. The van der Waals surface area contributed by atoms with Gasteiger partial charge in [-0.25, -0.2) is 0 Å². The lowest BCUT2D eigenvalue weighted by atomic mass is 10.2. The van der Waals surface area contributed by atoms with E-state index in [4.69, 9.17) is 0 Å². The van der Waals surface area contributed by atoms with Gasteiger partial charge in [-0.1, -0.05) is 26.0 Å². The lowest BCUT2D eigenvalue weighted by molar-refractivity contribution is 0.527. The molecule has 0 aromatic carbocycles. The average Bonchev–Trinajstić information content (AvgIpc) is 1.85. The first-order chi connectivity index (χ1) is 4.66. The van der Waals surface area contributed by atoms with Gasteiger partial charge in [0, 0.05) is 6.04 Å². The molecule has 0 bridgehead atoms. The molecular weight excluding hydrogens is 122 g/mol. The summed E-state index contributed by atoms with van der Waals surface area (Å²) < 4.78 is 0. The second-order valence-electron chi connectivity index (χ2n) is 3.12. The summed E-state index contributed by atoms with van der Waals surface area (Å²) in [6.07, 6.45) is 4.25. The van der Waals surface area contributed by atoms with Crippen molar-refractivity contribution in [3.63, 3.8) is 0 Å². The normalized spacial score (nSPS) is 14.9. The Morgan fingerprint density at radius 1 is 1.30 bits per heavy atom. The smallest absolute Gasteiger partial charge is 0.0221 e. The summed E-state index contributed by atoms with van der Waals surface area (Å²) in [6.45, 7) is 9.76. The van der Waals surface area contributed by atoms with E-state index in [0.717, 1.165) is 12.5 Å². The first kappa shape index (κ1) is 9.70. The molecule has 1 N–H and O–H groups in total. The van der Waals surface area contributed by atoms with Crippen molar-refractivity contribution in [2.75, 3.05) is 6.54 Å². The summed E-state index contributed by atoms with van der Waals surface area (Å²) >= 11 is 0. The van der Waals surface area contributed by atoms with E-state index in [2.05, 4.69) is 38.2 Å². The molecule has 0 radical (unpaired) electrons. The van der Waals surface area contributed by atoms with Crippen molar-refractivity contribution < 1.29 is 0 Å². The van der Waals surface area contributed by atoms with Crippen LogP contribution >= 0.6 is 0 Å². The SMILES string of the molecule is C/C=C/C(C)NCC(C)C. The van der Waals surface area contributed by atoms with Crippen LogP contribution in [0, 0.1) is 5.92 Å². The number of nitrogens with one attached hydrogen (secondary N) is 1. The highest BCUT2D eigenvalue weighted by Gasteiger charge is 1.95. The third-order valence-corrected chi connectivity index (χ3v) is 1.33. The summed E-state index contributed by atoms with van der Waals surface area (Å²) in [5.74, 6) is 0.743.